The minimum Gasteiger partial charge on any atom is -0.338 e. The van der Waals surface area contributed by atoms with Gasteiger partial charge in [0, 0.05) is 23.7 Å². The summed E-state index contributed by atoms with van der Waals surface area (Å²) in [6.07, 6.45) is 0. The maximum absolute atomic E-state index is 13.1. The lowest BCUT2D eigenvalue weighted by molar-refractivity contribution is -0.385. The third-order valence-corrected chi connectivity index (χ3v) is 6.30. The zero-order chi connectivity index (χ0) is 21.2. The molecule has 0 aliphatic rings. The summed E-state index contributed by atoms with van der Waals surface area (Å²) in [4.78, 5) is 14.5. The van der Waals surface area contributed by atoms with Crippen molar-refractivity contribution in [2.24, 2.45) is 0 Å². The molecular weight excluding hydrogens is 396 g/mol. The van der Waals surface area contributed by atoms with Crippen LogP contribution in [0.4, 0.5) is 5.69 Å². The molecule has 3 aromatic rings. The highest BCUT2D eigenvalue weighted by atomic mass is 32.2. The number of aromatic nitrogens is 2. The first kappa shape index (κ1) is 20.6. The van der Waals surface area contributed by atoms with Gasteiger partial charge in [-0.05, 0) is 26.8 Å². The lowest BCUT2D eigenvalue weighted by Crippen LogP contribution is -2.36. The van der Waals surface area contributed by atoms with Crippen molar-refractivity contribution in [3.05, 3.63) is 70.1 Å². The molecule has 0 N–H and O–H groups in total. The van der Waals surface area contributed by atoms with E-state index < -0.39 is 21.0 Å². The van der Waals surface area contributed by atoms with Gasteiger partial charge >= 0.3 is 0 Å². The highest BCUT2D eigenvalue weighted by Gasteiger charge is 2.30. The highest BCUT2D eigenvalue weighted by Crippen LogP contribution is 2.25. The summed E-state index contributed by atoms with van der Waals surface area (Å²) >= 11 is 0. The molecule has 0 fully saturated rings. The van der Waals surface area contributed by atoms with Crippen molar-refractivity contribution in [1.82, 2.24) is 14.4 Å². The molecule has 152 valence electrons. The predicted molar refractivity (Wildman–Crippen MR) is 105 cm³/mol. The SMILES string of the molecule is Cc1ccc(-c2noc(CN(C(C)C)S(=O)(=O)c3cccc([N+](=O)[O-])c3)n2)cc1. The molecule has 0 unspecified atom stereocenters. The van der Waals surface area contributed by atoms with Gasteiger partial charge in [0.05, 0.1) is 16.4 Å². The van der Waals surface area contributed by atoms with Crippen LogP contribution in [0.1, 0.15) is 25.3 Å². The Hall–Kier alpha value is -3.11. The standard InChI is InChI=1S/C19H20N4O5S/c1-13(2)22(29(26,27)17-6-4-5-16(11-17)23(24)25)12-18-20-19(21-28-18)15-9-7-14(3)8-10-15/h4-11,13H,12H2,1-3H3. The predicted octanol–water partition coefficient (Wildman–Crippen LogP) is 3.55. The van der Waals surface area contributed by atoms with Crippen molar-refractivity contribution < 1.29 is 17.9 Å². The van der Waals surface area contributed by atoms with Gasteiger partial charge < -0.3 is 4.52 Å². The molecule has 3 rings (SSSR count). The molecule has 0 aliphatic heterocycles. The van der Waals surface area contributed by atoms with Crippen LogP contribution in [-0.2, 0) is 16.6 Å². The van der Waals surface area contributed by atoms with Gasteiger partial charge in [-0.3, -0.25) is 10.1 Å². The largest absolute Gasteiger partial charge is 0.338 e. The quantitative estimate of drug-likeness (QED) is 0.427. The lowest BCUT2D eigenvalue weighted by atomic mass is 10.1. The van der Waals surface area contributed by atoms with E-state index in [2.05, 4.69) is 10.1 Å². The lowest BCUT2D eigenvalue weighted by Gasteiger charge is -2.24. The fourth-order valence-corrected chi connectivity index (χ4v) is 4.34. The van der Waals surface area contributed by atoms with Crippen molar-refractivity contribution in [3.8, 4) is 11.4 Å². The van der Waals surface area contributed by atoms with Gasteiger partial charge in [-0.15, -0.1) is 0 Å². The van der Waals surface area contributed by atoms with Gasteiger partial charge in [-0.25, -0.2) is 8.42 Å². The third-order valence-electron chi connectivity index (χ3n) is 4.28. The van der Waals surface area contributed by atoms with Gasteiger partial charge in [0.2, 0.25) is 21.7 Å². The smallest absolute Gasteiger partial charge is 0.270 e. The van der Waals surface area contributed by atoms with Crippen LogP contribution in [0.15, 0.2) is 57.9 Å². The van der Waals surface area contributed by atoms with Crippen molar-refractivity contribution in [2.45, 2.75) is 38.3 Å². The molecule has 0 saturated carbocycles. The Bertz CT molecular complexity index is 1120. The molecular formula is C19H20N4O5S. The second-order valence-corrected chi connectivity index (χ2v) is 8.67. The molecule has 0 amide bonds. The van der Waals surface area contributed by atoms with Gasteiger partial charge in [0.15, 0.2) is 0 Å². The first-order valence-corrected chi connectivity index (χ1v) is 10.3. The van der Waals surface area contributed by atoms with E-state index >= 15 is 0 Å². The third kappa shape index (κ3) is 4.49. The Morgan fingerprint density at radius 1 is 1.17 bits per heavy atom. The molecule has 0 saturated heterocycles. The van der Waals surface area contributed by atoms with Crippen molar-refractivity contribution >= 4 is 15.7 Å². The Labute approximate surface area is 168 Å². The van der Waals surface area contributed by atoms with Gasteiger partial charge in [-0.1, -0.05) is 41.1 Å². The number of rotatable bonds is 7. The second kappa shape index (κ2) is 8.10. The first-order chi connectivity index (χ1) is 13.7. The van der Waals surface area contributed by atoms with Gasteiger partial charge in [0.25, 0.3) is 5.69 Å². The van der Waals surface area contributed by atoms with E-state index in [1.807, 2.05) is 31.2 Å². The normalized spacial score (nSPS) is 11.9. The highest BCUT2D eigenvalue weighted by molar-refractivity contribution is 7.89. The van der Waals surface area contributed by atoms with E-state index in [-0.39, 0.29) is 23.0 Å². The number of benzene rings is 2. The second-order valence-electron chi connectivity index (χ2n) is 6.78. The Kier molecular flexibility index (Phi) is 5.76. The summed E-state index contributed by atoms with van der Waals surface area (Å²) in [5.74, 6) is 0.486. The summed E-state index contributed by atoms with van der Waals surface area (Å²) < 4.78 is 32.6. The number of hydrogen-bond donors (Lipinski definition) is 0. The summed E-state index contributed by atoms with van der Waals surface area (Å²) in [5.41, 5.74) is 1.55. The van der Waals surface area contributed by atoms with E-state index in [9.17, 15) is 18.5 Å². The molecule has 0 aliphatic carbocycles. The fraction of sp³-hybridized carbons (Fsp3) is 0.263. The molecule has 0 bridgehead atoms. The number of non-ortho nitro benzene ring substituents is 1. The van der Waals surface area contributed by atoms with Crippen LogP contribution in [0.2, 0.25) is 0 Å². The van der Waals surface area contributed by atoms with Crippen molar-refractivity contribution in [1.29, 1.82) is 0 Å². The van der Waals surface area contributed by atoms with Crippen molar-refractivity contribution in [2.75, 3.05) is 0 Å². The van der Waals surface area contributed by atoms with Crippen LogP contribution in [0.3, 0.4) is 0 Å². The molecule has 0 radical (unpaired) electrons. The summed E-state index contributed by atoms with van der Waals surface area (Å²) in [6.45, 7) is 5.21. The number of nitro groups is 1. The van der Waals surface area contributed by atoms with Crippen LogP contribution < -0.4 is 0 Å². The molecule has 0 spiro atoms. The minimum atomic E-state index is -4.01. The van der Waals surface area contributed by atoms with Crippen LogP contribution in [0.5, 0.6) is 0 Å². The van der Waals surface area contributed by atoms with E-state index in [4.69, 9.17) is 4.52 Å². The fourth-order valence-electron chi connectivity index (χ4n) is 2.71. The number of hydrogen-bond acceptors (Lipinski definition) is 7. The molecule has 1 aromatic heterocycles. The van der Waals surface area contributed by atoms with Crippen molar-refractivity contribution in [3.63, 3.8) is 0 Å². The average molecular weight is 416 g/mol. The minimum absolute atomic E-state index is 0.128. The number of sulfonamides is 1. The van der Waals surface area contributed by atoms with Crippen LogP contribution in [0, 0.1) is 17.0 Å². The molecule has 2 aromatic carbocycles. The Morgan fingerprint density at radius 3 is 2.48 bits per heavy atom. The van der Waals surface area contributed by atoms with Gasteiger partial charge in [-0.2, -0.15) is 9.29 Å². The maximum atomic E-state index is 13.1. The number of nitro benzene ring substituents is 1. The topological polar surface area (TPSA) is 119 Å². The Morgan fingerprint density at radius 2 is 1.86 bits per heavy atom. The van der Waals surface area contributed by atoms with Crippen LogP contribution in [-0.4, -0.2) is 33.8 Å². The Balaban J connectivity index is 1.90. The molecule has 10 heteroatoms. The monoisotopic (exact) mass is 416 g/mol. The first-order valence-electron chi connectivity index (χ1n) is 8.84. The summed E-state index contributed by atoms with van der Waals surface area (Å²) in [6, 6.07) is 12.0. The number of nitrogens with zero attached hydrogens (tertiary/aromatic N) is 4. The zero-order valence-electron chi connectivity index (χ0n) is 16.1. The molecule has 0 atom stereocenters. The van der Waals surface area contributed by atoms with E-state index in [1.165, 1.54) is 22.5 Å². The van der Waals surface area contributed by atoms with E-state index in [0.29, 0.717) is 5.82 Å². The molecule has 1 heterocycles. The zero-order valence-corrected chi connectivity index (χ0v) is 17.0. The average Bonchev–Trinajstić information content (AvgIpc) is 3.15. The van der Waals surface area contributed by atoms with E-state index in [0.717, 1.165) is 17.2 Å². The summed E-state index contributed by atoms with van der Waals surface area (Å²) in [5, 5.41) is 14.9. The molecule has 9 nitrogen and oxygen atoms in total. The van der Waals surface area contributed by atoms with E-state index in [1.54, 1.807) is 13.8 Å². The summed E-state index contributed by atoms with van der Waals surface area (Å²) in [7, 11) is -4.01. The maximum Gasteiger partial charge on any atom is 0.270 e. The molecule has 29 heavy (non-hydrogen) atoms. The number of aryl methyl sites for hydroxylation is 1. The van der Waals surface area contributed by atoms with Crippen LogP contribution >= 0.6 is 0 Å². The van der Waals surface area contributed by atoms with Crippen LogP contribution in [0.25, 0.3) is 11.4 Å². The van der Waals surface area contributed by atoms with Gasteiger partial charge in [0.1, 0.15) is 0 Å².